The number of ketones is 1. The molecule has 0 saturated heterocycles. The van der Waals surface area contributed by atoms with Gasteiger partial charge in [0.05, 0.1) is 11.0 Å². The van der Waals surface area contributed by atoms with E-state index in [1.807, 2.05) is 52.9 Å². The SMILES string of the molecule is O=C(c1ccccc1)c1ccc2nc(NC3CCCCC3)c3nncn3c2c1. The van der Waals surface area contributed by atoms with Crippen LogP contribution in [0.1, 0.15) is 48.0 Å². The molecule has 28 heavy (non-hydrogen) atoms. The van der Waals surface area contributed by atoms with Crippen molar-refractivity contribution in [1.29, 1.82) is 0 Å². The van der Waals surface area contributed by atoms with Crippen molar-refractivity contribution in [2.24, 2.45) is 0 Å². The van der Waals surface area contributed by atoms with Crippen LogP contribution in [0.2, 0.25) is 0 Å². The molecule has 2 heterocycles. The van der Waals surface area contributed by atoms with Gasteiger partial charge in [0, 0.05) is 17.2 Å². The van der Waals surface area contributed by atoms with Gasteiger partial charge < -0.3 is 5.32 Å². The van der Waals surface area contributed by atoms with Gasteiger partial charge in [0.15, 0.2) is 11.6 Å². The Kier molecular flexibility index (Phi) is 4.24. The lowest BCUT2D eigenvalue weighted by molar-refractivity contribution is 0.103. The third-order valence-electron chi connectivity index (χ3n) is 5.47. The summed E-state index contributed by atoms with van der Waals surface area (Å²) >= 11 is 0. The number of aromatic nitrogens is 4. The molecule has 0 bridgehead atoms. The highest BCUT2D eigenvalue weighted by molar-refractivity contribution is 6.10. The quantitative estimate of drug-likeness (QED) is 0.543. The third-order valence-corrected chi connectivity index (χ3v) is 5.47. The van der Waals surface area contributed by atoms with Crippen LogP contribution in [0.3, 0.4) is 0 Å². The van der Waals surface area contributed by atoms with Crippen LogP contribution >= 0.6 is 0 Å². The van der Waals surface area contributed by atoms with E-state index in [0.29, 0.717) is 22.8 Å². The Balaban J connectivity index is 1.57. The molecule has 1 fully saturated rings. The second kappa shape index (κ2) is 7.03. The minimum absolute atomic E-state index is 0.00636. The summed E-state index contributed by atoms with van der Waals surface area (Å²) in [6.45, 7) is 0. The summed E-state index contributed by atoms with van der Waals surface area (Å²) < 4.78 is 1.91. The first kappa shape index (κ1) is 16.9. The highest BCUT2D eigenvalue weighted by Crippen LogP contribution is 2.26. The number of hydrogen-bond donors (Lipinski definition) is 1. The molecule has 5 rings (SSSR count). The normalized spacial score (nSPS) is 15.1. The Morgan fingerprint density at radius 3 is 2.64 bits per heavy atom. The summed E-state index contributed by atoms with van der Waals surface area (Å²) in [5.41, 5.74) is 3.64. The van der Waals surface area contributed by atoms with Crippen LogP contribution in [-0.4, -0.2) is 31.4 Å². The molecule has 6 heteroatoms. The van der Waals surface area contributed by atoms with Crippen molar-refractivity contribution in [3.05, 3.63) is 66.0 Å². The molecule has 1 aliphatic carbocycles. The topological polar surface area (TPSA) is 72.2 Å². The van der Waals surface area contributed by atoms with Gasteiger partial charge >= 0.3 is 0 Å². The van der Waals surface area contributed by atoms with E-state index < -0.39 is 0 Å². The monoisotopic (exact) mass is 371 g/mol. The van der Waals surface area contributed by atoms with Crippen LogP contribution in [0.4, 0.5) is 5.82 Å². The van der Waals surface area contributed by atoms with E-state index in [1.165, 1.54) is 19.3 Å². The van der Waals surface area contributed by atoms with Crippen LogP contribution < -0.4 is 5.32 Å². The average molecular weight is 371 g/mol. The lowest BCUT2D eigenvalue weighted by atomic mass is 9.95. The Hall–Kier alpha value is -3.28. The molecule has 2 aromatic heterocycles. The van der Waals surface area contributed by atoms with Crippen LogP contribution in [0, 0.1) is 0 Å². The molecule has 6 nitrogen and oxygen atoms in total. The van der Waals surface area contributed by atoms with Crippen molar-refractivity contribution in [2.45, 2.75) is 38.1 Å². The number of carbonyl (C=O) groups excluding carboxylic acids is 1. The van der Waals surface area contributed by atoms with Gasteiger partial charge in [-0.25, -0.2) is 4.98 Å². The predicted molar refractivity (Wildman–Crippen MR) is 109 cm³/mol. The zero-order valence-corrected chi connectivity index (χ0v) is 15.5. The van der Waals surface area contributed by atoms with Gasteiger partial charge in [-0.3, -0.25) is 9.20 Å². The Morgan fingerprint density at radius 2 is 1.82 bits per heavy atom. The van der Waals surface area contributed by atoms with E-state index >= 15 is 0 Å². The average Bonchev–Trinajstić information content (AvgIpc) is 3.25. The number of benzene rings is 2. The minimum atomic E-state index is -0.00636. The van der Waals surface area contributed by atoms with E-state index in [-0.39, 0.29) is 5.78 Å². The minimum Gasteiger partial charge on any atom is -0.364 e. The molecule has 0 radical (unpaired) electrons. The van der Waals surface area contributed by atoms with Crippen molar-refractivity contribution >= 4 is 28.3 Å². The Labute approximate surface area is 162 Å². The molecule has 2 aromatic carbocycles. The fourth-order valence-electron chi connectivity index (χ4n) is 3.99. The molecule has 0 unspecified atom stereocenters. The number of hydrogen-bond acceptors (Lipinski definition) is 5. The number of carbonyl (C=O) groups is 1. The summed E-state index contributed by atoms with van der Waals surface area (Å²) in [6.07, 6.45) is 7.80. The molecular formula is C22H21N5O. The number of fused-ring (bicyclic) bond motifs is 3. The van der Waals surface area contributed by atoms with Gasteiger partial charge in [0.25, 0.3) is 0 Å². The number of nitrogens with one attached hydrogen (secondary N) is 1. The first-order chi connectivity index (χ1) is 13.8. The Bertz CT molecular complexity index is 1150. The third kappa shape index (κ3) is 3.01. The highest BCUT2D eigenvalue weighted by Gasteiger charge is 2.18. The number of anilines is 1. The molecule has 1 N–H and O–H groups in total. The molecule has 0 aliphatic heterocycles. The maximum atomic E-state index is 12.8. The van der Waals surface area contributed by atoms with Crippen LogP contribution in [0.5, 0.6) is 0 Å². The van der Waals surface area contributed by atoms with Gasteiger partial charge in [-0.15, -0.1) is 10.2 Å². The smallest absolute Gasteiger partial charge is 0.203 e. The van der Waals surface area contributed by atoms with Crippen molar-refractivity contribution in [2.75, 3.05) is 5.32 Å². The van der Waals surface area contributed by atoms with Crippen LogP contribution in [-0.2, 0) is 0 Å². The van der Waals surface area contributed by atoms with Gasteiger partial charge in [-0.2, -0.15) is 0 Å². The standard InChI is InChI=1S/C22H21N5O/c28-20(15-7-3-1-4-8-15)16-11-12-18-19(13-16)27-14-23-26-22(27)21(25-18)24-17-9-5-2-6-10-17/h1,3-4,7-8,11-14,17H,2,5-6,9-10H2,(H,24,25). The van der Waals surface area contributed by atoms with Gasteiger partial charge in [0.1, 0.15) is 6.33 Å². The van der Waals surface area contributed by atoms with E-state index in [0.717, 1.165) is 29.7 Å². The first-order valence-corrected chi connectivity index (χ1v) is 9.79. The van der Waals surface area contributed by atoms with E-state index in [1.54, 1.807) is 6.33 Å². The molecule has 1 aliphatic rings. The maximum absolute atomic E-state index is 12.8. The highest BCUT2D eigenvalue weighted by atomic mass is 16.1. The molecule has 0 amide bonds. The fraction of sp³-hybridized carbons (Fsp3) is 0.273. The van der Waals surface area contributed by atoms with Crippen molar-refractivity contribution in [3.63, 3.8) is 0 Å². The number of rotatable bonds is 4. The molecule has 4 aromatic rings. The van der Waals surface area contributed by atoms with Crippen LogP contribution in [0.25, 0.3) is 16.7 Å². The summed E-state index contributed by atoms with van der Waals surface area (Å²) in [5, 5.41) is 11.9. The molecule has 0 atom stereocenters. The number of nitrogens with zero attached hydrogens (tertiary/aromatic N) is 4. The summed E-state index contributed by atoms with van der Waals surface area (Å²) in [7, 11) is 0. The van der Waals surface area contributed by atoms with E-state index in [2.05, 4.69) is 15.5 Å². The summed E-state index contributed by atoms with van der Waals surface area (Å²) in [6, 6.07) is 15.3. The van der Waals surface area contributed by atoms with Crippen molar-refractivity contribution < 1.29 is 4.79 Å². The van der Waals surface area contributed by atoms with Gasteiger partial charge in [0.2, 0.25) is 5.65 Å². The molecular weight excluding hydrogens is 350 g/mol. The summed E-state index contributed by atoms with van der Waals surface area (Å²) in [4.78, 5) is 17.6. The first-order valence-electron chi connectivity index (χ1n) is 9.79. The van der Waals surface area contributed by atoms with Crippen molar-refractivity contribution in [3.8, 4) is 0 Å². The lowest BCUT2D eigenvalue weighted by Crippen LogP contribution is -2.23. The van der Waals surface area contributed by atoms with Crippen LogP contribution in [0.15, 0.2) is 54.9 Å². The second-order valence-corrected chi connectivity index (χ2v) is 7.36. The molecule has 0 spiro atoms. The Morgan fingerprint density at radius 1 is 1.00 bits per heavy atom. The van der Waals surface area contributed by atoms with Gasteiger partial charge in [-0.05, 0) is 31.0 Å². The van der Waals surface area contributed by atoms with Crippen molar-refractivity contribution in [1.82, 2.24) is 19.6 Å². The van der Waals surface area contributed by atoms with E-state index in [4.69, 9.17) is 4.98 Å². The fourth-order valence-corrected chi connectivity index (χ4v) is 3.99. The van der Waals surface area contributed by atoms with Gasteiger partial charge in [-0.1, -0.05) is 49.6 Å². The lowest BCUT2D eigenvalue weighted by Gasteiger charge is -2.23. The maximum Gasteiger partial charge on any atom is 0.203 e. The summed E-state index contributed by atoms with van der Waals surface area (Å²) in [5.74, 6) is 0.757. The van der Waals surface area contributed by atoms with E-state index in [9.17, 15) is 4.79 Å². The molecule has 140 valence electrons. The zero-order chi connectivity index (χ0) is 18.9. The second-order valence-electron chi connectivity index (χ2n) is 7.36. The molecule has 1 saturated carbocycles. The zero-order valence-electron chi connectivity index (χ0n) is 15.5. The largest absolute Gasteiger partial charge is 0.364 e. The predicted octanol–water partition coefficient (Wildman–Crippen LogP) is 4.25.